The van der Waals surface area contributed by atoms with Crippen LogP contribution in [-0.2, 0) is 0 Å². The van der Waals surface area contributed by atoms with E-state index in [1.54, 1.807) is 12.3 Å². The van der Waals surface area contributed by atoms with E-state index in [0.29, 0.717) is 17.3 Å². The van der Waals surface area contributed by atoms with Crippen LogP contribution in [0, 0.1) is 0 Å². The topological polar surface area (TPSA) is 99.1 Å². The zero-order chi connectivity index (χ0) is 9.80. The molecule has 0 atom stereocenters. The van der Waals surface area contributed by atoms with Gasteiger partial charge in [-0.15, -0.1) is 0 Å². The third-order valence-electron chi connectivity index (χ3n) is 1.49. The summed E-state index contributed by atoms with van der Waals surface area (Å²) in [6.45, 7) is 0. The van der Waals surface area contributed by atoms with Crippen molar-refractivity contribution in [3.05, 3.63) is 25.0 Å². The van der Waals surface area contributed by atoms with Crippen LogP contribution in [0.3, 0.4) is 0 Å². The predicted molar refractivity (Wildman–Crippen MR) is 45.5 cm³/mol. The Morgan fingerprint density at radius 3 is 3.07 bits per heavy atom. The number of hydrogen-bond donors (Lipinski definition) is 2. The lowest BCUT2D eigenvalue weighted by molar-refractivity contribution is 0.189. The fourth-order valence-corrected chi connectivity index (χ4v) is 0.933. The third-order valence-corrected chi connectivity index (χ3v) is 1.49. The maximum atomic E-state index is 5.04. The zero-order valence-electron chi connectivity index (χ0n) is 7.04. The van der Waals surface area contributed by atoms with Gasteiger partial charge in [-0.05, 0) is 0 Å². The summed E-state index contributed by atoms with van der Waals surface area (Å²) in [6, 6.07) is 1.57. The zero-order valence-corrected chi connectivity index (χ0v) is 7.04. The summed E-state index contributed by atoms with van der Waals surface area (Å²) in [5, 5.41) is 0. The Morgan fingerprint density at radius 1 is 1.43 bits per heavy atom. The van der Waals surface area contributed by atoms with E-state index in [-0.39, 0.29) is 0 Å². The van der Waals surface area contributed by atoms with Crippen molar-refractivity contribution in [1.82, 2.24) is 20.5 Å². The van der Waals surface area contributed by atoms with Gasteiger partial charge in [0.2, 0.25) is 5.88 Å². The summed E-state index contributed by atoms with van der Waals surface area (Å²) in [6.07, 6.45) is 4.20. The van der Waals surface area contributed by atoms with Gasteiger partial charge in [-0.2, -0.15) is 4.98 Å². The van der Waals surface area contributed by atoms with Gasteiger partial charge in [0.05, 0.1) is 6.20 Å². The van der Waals surface area contributed by atoms with Crippen LogP contribution < -0.4 is 16.3 Å². The SMILES string of the molecule is NNOc1cc(-c2cnco2)ncn1. The Morgan fingerprint density at radius 2 is 2.36 bits per heavy atom. The van der Waals surface area contributed by atoms with Crippen molar-refractivity contribution < 1.29 is 9.25 Å². The van der Waals surface area contributed by atoms with Crippen LogP contribution in [0.5, 0.6) is 5.88 Å². The first-order valence-corrected chi connectivity index (χ1v) is 3.73. The van der Waals surface area contributed by atoms with Gasteiger partial charge >= 0.3 is 0 Å². The highest BCUT2D eigenvalue weighted by Gasteiger charge is 2.05. The van der Waals surface area contributed by atoms with Crippen molar-refractivity contribution >= 4 is 0 Å². The van der Waals surface area contributed by atoms with Crippen LogP contribution in [0.1, 0.15) is 0 Å². The van der Waals surface area contributed by atoms with Gasteiger partial charge in [0.1, 0.15) is 12.0 Å². The second-order valence-electron chi connectivity index (χ2n) is 2.33. The van der Waals surface area contributed by atoms with E-state index in [1.807, 2.05) is 5.59 Å². The van der Waals surface area contributed by atoms with Gasteiger partial charge < -0.3 is 9.25 Å². The second kappa shape index (κ2) is 3.81. The first-order chi connectivity index (χ1) is 6.90. The van der Waals surface area contributed by atoms with Gasteiger partial charge in [-0.1, -0.05) is 5.59 Å². The minimum Gasteiger partial charge on any atom is -0.442 e. The molecule has 0 spiro atoms. The van der Waals surface area contributed by atoms with Crippen molar-refractivity contribution in [3.8, 4) is 17.3 Å². The Kier molecular flexibility index (Phi) is 2.34. The molecule has 14 heavy (non-hydrogen) atoms. The number of nitrogens with two attached hydrogens (primary N) is 1. The normalized spacial score (nSPS) is 10.1. The van der Waals surface area contributed by atoms with E-state index in [0.717, 1.165) is 0 Å². The summed E-state index contributed by atoms with van der Waals surface area (Å²) in [5.74, 6) is 5.80. The van der Waals surface area contributed by atoms with E-state index in [2.05, 4.69) is 15.0 Å². The summed E-state index contributed by atoms with van der Waals surface area (Å²) in [4.78, 5) is 16.3. The molecule has 7 heteroatoms. The van der Waals surface area contributed by atoms with Gasteiger partial charge in [-0.25, -0.2) is 15.8 Å². The number of hydrazine groups is 1. The molecule has 0 aliphatic rings. The summed E-state index contributed by atoms with van der Waals surface area (Å²) in [7, 11) is 0. The molecule has 7 nitrogen and oxygen atoms in total. The lowest BCUT2D eigenvalue weighted by Crippen LogP contribution is -2.26. The summed E-state index contributed by atoms with van der Waals surface area (Å²) in [5.41, 5.74) is 2.59. The van der Waals surface area contributed by atoms with Crippen molar-refractivity contribution in [2.45, 2.75) is 0 Å². The lowest BCUT2D eigenvalue weighted by atomic mass is 10.3. The molecule has 2 aromatic heterocycles. The molecule has 72 valence electrons. The first kappa shape index (κ1) is 8.60. The fourth-order valence-electron chi connectivity index (χ4n) is 0.933. The van der Waals surface area contributed by atoms with Crippen LogP contribution in [0.15, 0.2) is 29.4 Å². The predicted octanol–water partition coefficient (Wildman–Crippen LogP) is -0.111. The Hall–Kier alpha value is -1.99. The molecule has 0 aliphatic carbocycles. The Labute approximate surface area is 78.9 Å². The molecular weight excluding hydrogens is 186 g/mol. The number of nitrogens with one attached hydrogen (secondary N) is 1. The van der Waals surface area contributed by atoms with Crippen molar-refractivity contribution in [1.29, 1.82) is 0 Å². The molecule has 2 aromatic rings. The highest BCUT2D eigenvalue weighted by atomic mass is 16.7. The molecule has 0 radical (unpaired) electrons. The molecule has 0 aromatic carbocycles. The molecule has 2 heterocycles. The Balaban J connectivity index is 2.31. The van der Waals surface area contributed by atoms with Crippen molar-refractivity contribution in [2.75, 3.05) is 0 Å². The van der Waals surface area contributed by atoms with Crippen molar-refractivity contribution in [2.24, 2.45) is 5.84 Å². The highest BCUT2D eigenvalue weighted by molar-refractivity contribution is 5.51. The fraction of sp³-hybridized carbons (Fsp3) is 0. The smallest absolute Gasteiger partial charge is 0.243 e. The largest absolute Gasteiger partial charge is 0.442 e. The van der Waals surface area contributed by atoms with E-state index >= 15 is 0 Å². The average Bonchev–Trinajstić information content (AvgIpc) is 2.71. The standard InChI is InChI=1S/C7H7N5O2/c8-12-14-7-1-5(10-3-11-7)6-2-9-4-13-6/h1-4,12H,8H2. The average molecular weight is 193 g/mol. The summed E-state index contributed by atoms with van der Waals surface area (Å²) < 4.78 is 5.04. The van der Waals surface area contributed by atoms with Crippen LogP contribution in [-0.4, -0.2) is 15.0 Å². The number of oxazole rings is 1. The maximum absolute atomic E-state index is 5.04. The van der Waals surface area contributed by atoms with Crippen molar-refractivity contribution in [3.63, 3.8) is 0 Å². The van der Waals surface area contributed by atoms with Gasteiger partial charge in [0.25, 0.3) is 0 Å². The molecular formula is C7H7N5O2. The van der Waals surface area contributed by atoms with E-state index in [4.69, 9.17) is 15.1 Å². The minimum absolute atomic E-state index is 0.300. The number of aromatic nitrogens is 3. The third kappa shape index (κ3) is 1.68. The van der Waals surface area contributed by atoms with Crippen LogP contribution in [0.25, 0.3) is 11.5 Å². The number of rotatable bonds is 3. The molecule has 0 saturated carbocycles. The maximum Gasteiger partial charge on any atom is 0.243 e. The minimum atomic E-state index is 0.300. The molecule has 0 fully saturated rings. The van der Waals surface area contributed by atoms with E-state index < -0.39 is 0 Å². The molecule has 0 aliphatic heterocycles. The molecule has 3 N–H and O–H groups in total. The van der Waals surface area contributed by atoms with Crippen LogP contribution >= 0.6 is 0 Å². The molecule has 0 saturated heterocycles. The van der Waals surface area contributed by atoms with Crippen LogP contribution in [0.4, 0.5) is 0 Å². The second-order valence-corrected chi connectivity index (χ2v) is 2.33. The summed E-state index contributed by atoms with van der Waals surface area (Å²) >= 11 is 0. The van der Waals surface area contributed by atoms with Crippen LogP contribution in [0.2, 0.25) is 0 Å². The molecule has 0 unspecified atom stereocenters. The quantitative estimate of drug-likeness (QED) is 0.518. The van der Waals surface area contributed by atoms with E-state index in [1.165, 1.54) is 12.7 Å². The molecule has 0 amide bonds. The molecule has 0 bridgehead atoms. The number of nitrogens with zero attached hydrogens (tertiary/aromatic N) is 3. The molecule has 2 rings (SSSR count). The van der Waals surface area contributed by atoms with Gasteiger partial charge in [0.15, 0.2) is 12.2 Å². The highest BCUT2D eigenvalue weighted by Crippen LogP contribution is 2.17. The lowest BCUT2D eigenvalue weighted by Gasteiger charge is -2.00. The van der Waals surface area contributed by atoms with Gasteiger partial charge in [-0.3, -0.25) is 0 Å². The number of hydrogen-bond acceptors (Lipinski definition) is 7. The monoisotopic (exact) mass is 193 g/mol. The van der Waals surface area contributed by atoms with E-state index in [9.17, 15) is 0 Å². The Bertz CT molecular complexity index is 402. The van der Waals surface area contributed by atoms with Gasteiger partial charge in [0, 0.05) is 6.07 Å². The first-order valence-electron chi connectivity index (χ1n) is 3.73.